The molecule has 0 heterocycles. The minimum absolute atomic E-state index is 0.626. The van der Waals surface area contributed by atoms with Crippen molar-refractivity contribution in [3.63, 3.8) is 0 Å². The van der Waals surface area contributed by atoms with Crippen molar-refractivity contribution >= 4 is 31.2 Å². The molecule has 1 aromatic rings. The molecule has 0 spiro atoms. The van der Waals surface area contributed by atoms with Gasteiger partial charge in [-0.2, -0.15) is 0 Å². The van der Waals surface area contributed by atoms with Crippen molar-refractivity contribution in [2.45, 2.75) is 18.0 Å². The molecular weight excluding hydrogens is 231 g/mol. The molecule has 1 atom stereocenters. The molecular formula is C10H14SSe. The maximum atomic E-state index is 2.28. The van der Waals surface area contributed by atoms with Crippen molar-refractivity contribution in [1.29, 1.82) is 0 Å². The molecule has 0 aromatic heterocycles. The van der Waals surface area contributed by atoms with Gasteiger partial charge in [0.1, 0.15) is 0 Å². The molecule has 0 N–H and O–H groups in total. The number of hydrogen-bond donors (Lipinski definition) is 0. The Kier molecular flexibility index (Phi) is 4.20. The van der Waals surface area contributed by atoms with Gasteiger partial charge in [0.2, 0.25) is 0 Å². The average Bonchev–Trinajstić information content (AvgIpc) is 2.16. The van der Waals surface area contributed by atoms with Gasteiger partial charge in [-0.15, -0.1) is 0 Å². The van der Waals surface area contributed by atoms with E-state index < -0.39 is 0 Å². The zero-order valence-electron chi connectivity index (χ0n) is 7.70. The fourth-order valence-corrected chi connectivity index (χ4v) is 3.22. The molecule has 0 bridgehead atoms. The van der Waals surface area contributed by atoms with E-state index in [0.717, 1.165) is 0 Å². The summed E-state index contributed by atoms with van der Waals surface area (Å²) in [5.74, 6) is 2.28. The van der Waals surface area contributed by atoms with Crippen LogP contribution in [0.25, 0.3) is 0 Å². The first-order valence-corrected chi connectivity index (χ1v) is 7.81. The Morgan fingerprint density at radius 1 is 1.33 bits per heavy atom. The number of rotatable bonds is 3. The topological polar surface area (TPSA) is 0 Å². The van der Waals surface area contributed by atoms with Crippen LogP contribution in [-0.2, 0) is 0 Å². The summed E-state index contributed by atoms with van der Waals surface area (Å²) >= 11 is 2.54. The molecule has 12 heavy (non-hydrogen) atoms. The predicted octanol–water partition coefficient (Wildman–Crippen LogP) is 2.49. The summed E-state index contributed by atoms with van der Waals surface area (Å²) in [4.78, 5) is 0. The van der Waals surface area contributed by atoms with Gasteiger partial charge < -0.3 is 0 Å². The Bertz CT molecular complexity index is 247. The number of benzene rings is 1. The fraction of sp³-hybridized carbons (Fsp3) is 0.400. The first-order valence-electron chi connectivity index (χ1n) is 3.95. The minimum atomic E-state index is 0.626. The van der Waals surface area contributed by atoms with Crippen LogP contribution in [0.4, 0.5) is 0 Å². The predicted molar refractivity (Wildman–Crippen MR) is 59.6 cm³/mol. The van der Waals surface area contributed by atoms with Gasteiger partial charge >= 0.3 is 85.3 Å². The molecule has 0 aliphatic rings. The molecule has 2 heteroatoms. The SMILES string of the molecule is CS[C@@H](C)c1ccccc1[Se]C. The first kappa shape index (κ1) is 10.2. The van der Waals surface area contributed by atoms with Gasteiger partial charge in [0, 0.05) is 0 Å². The first-order chi connectivity index (χ1) is 5.79. The summed E-state index contributed by atoms with van der Waals surface area (Å²) < 4.78 is 1.55. The van der Waals surface area contributed by atoms with E-state index in [-0.39, 0.29) is 0 Å². The van der Waals surface area contributed by atoms with Crippen molar-refractivity contribution in [3.05, 3.63) is 29.8 Å². The second-order valence-electron chi connectivity index (χ2n) is 2.62. The Hall–Kier alpha value is 0.0895. The van der Waals surface area contributed by atoms with Crippen molar-refractivity contribution in [2.75, 3.05) is 6.26 Å². The third-order valence-electron chi connectivity index (χ3n) is 1.93. The molecule has 1 rings (SSSR count). The van der Waals surface area contributed by atoms with Crippen molar-refractivity contribution < 1.29 is 0 Å². The summed E-state index contributed by atoms with van der Waals surface area (Å²) in [6.07, 6.45) is 2.17. The van der Waals surface area contributed by atoms with E-state index >= 15 is 0 Å². The van der Waals surface area contributed by atoms with E-state index in [1.807, 2.05) is 11.8 Å². The average molecular weight is 245 g/mol. The van der Waals surface area contributed by atoms with E-state index in [1.54, 1.807) is 4.46 Å². The van der Waals surface area contributed by atoms with E-state index in [4.69, 9.17) is 0 Å². The zero-order chi connectivity index (χ0) is 8.97. The van der Waals surface area contributed by atoms with Gasteiger partial charge in [-0.05, 0) is 0 Å². The van der Waals surface area contributed by atoms with Crippen LogP contribution in [0.2, 0.25) is 5.82 Å². The molecule has 0 saturated heterocycles. The van der Waals surface area contributed by atoms with Gasteiger partial charge in [0.25, 0.3) is 0 Å². The third kappa shape index (κ3) is 2.29. The van der Waals surface area contributed by atoms with Gasteiger partial charge in [-0.1, -0.05) is 0 Å². The van der Waals surface area contributed by atoms with Crippen LogP contribution in [0.3, 0.4) is 0 Å². The van der Waals surface area contributed by atoms with E-state index in [2.05, 4.69) is 43.3 Å². The molecule has 0 nitrogen and oxygen atoms in total. The second-order valence-corrected chi connectivity index (χ2v) is 5.58. The normalized spacial score (nSPS) is 12.9. The summed E-state index contributed by atoms with van der Waals surface area (Å²) in [6.45, 7) is 2.27. The summed E-state index contributed by atoms with van der Waals surface area (Å²) in [7, 11) is 0. The molecule has 0 unspecified atom stereocenters. The molecule has 0 saturated carbocycles. The fourth-order valence-electron chi connectivity index (χ4n) is 1.13. The van der Waals surface area contributed by atoms with Crippen molar-refractivity contribution in [2.24, 2.45) is 0 Å². The van der Waals surface area contributed by atoms with Crippen molar-refractivity contribution in [1.82, 2.24) is 0 Å². The third-order valence-corrected chi connectivity index (χ3v) is 4.59. The molecule has 0 fully saturated rings. The molecule has 0 aliphatic heterocycles. The number of hydrogen-bond acceptors (Lipinski definition) is 1. The van der Waals surface area contributed by atoms with Crippen LogP contribution < -0.4 is 4.46 Å². The monoisotopic (exact) mass is 246 g/mol. The van der Waals surface area contributed by atoms with Gasteiger partial charge in [-0.3, -0.25) is 0 Å². The summed E-state index contributed by atoms with van der Waals surface area (Å²) in [6, 6.07) is 8.78. The Morgan fingerprint density at radius 3 is 2.58 bits per heavy atom. The Morgan fingerprint density at radius 2 is 2.00 bits per heavy atom. The summed E-state index contributed by atoms with van der Waals surface area (Å²) in [5.41, 5.74) is 1.52. The molecule has 0 amide bonds. The van der Waals surface area contributed by atoms with E-state index in [0.29, 0.717) is 20.2 Å². The Balaban J connectivity index is 2.96. The van der Waals surface area contributed by atoms with Crippen LogP contribution in [0.5, 0.6) is 0 Å². The number of thioether (sulfide) groups is 1. The van der Waals surface area contributed by atoms with Gasteiger partial charge in [0.15, 0.2) is 0 Å². The standard InChI is InChI=1S/C10H14SSe/c1-8(11-2)9-6-4-5-7-10(9)12-3/h4-8H,1-3H3/t8-/m0/s1. The zero-order valence-corrected chi connectivity index (χ0v) is 10.2. The van der Waals surface area contributed by atoms with Crippen LogP contribution in [0, 0.1) is 0 Å². The molecule has 0 aliphatic carbocycles. The Labute approximate surface area is 85.3 Å². The quantitative estimate of drug-likeness (QED) is 0.737. The van der Waals surface area contributed by atoms with Crippen molar-refractivity contribution in [3.8, 4) is 0 Å². The van der Waals surface area contributed by atoms with Gasteiger partial charge in [-0.25, -0.2) is 0 Å². The molecule has 66 valence electrons. The van der Waals surface area contributed by atoms with Crippen LogP contribution in [0.15, 0.2) is 24.3 Å². The summed E-state index contributed by atoms with van der Waals surface area (Å²) in [5, 5.41) is 0.642. The molecule has 0 radical (unpaired) electrons. The molecule has 1 aromatic carbocycles. The van der Waals surface area contributed by atoms with Crippen LogP contribution in [0.1, 0.15) is 17.7 Å². The van der Waals surface area contributed by atoms with Crippen LogP contribution >= 0.6 is 11.8 Å². The van der Waals surface area contributed by atoms with Crippen LogP contribution in [-0.4, -0.2) is 21.2 Å². The van der Waals surface area contributed by atoms with E-state index in [1.165, 1.54) is 5.56 Å². The van der Waals surface area contributed by atoms with E-state index in [9.17, 15) is 0 Å². The maximum absolute atomic E-state index is 2.28. The van der Waals surface area contributed by atoms with Gasteiger partial charge in [0.05, 0.1) is 0 Å². The second kappa shape index (κ2) is 4.96.